The summed E-state index contributed by atoms with van der Waals surface area (Å²) >= 11 is 0. The number of phenols is 1. The molecule has 3 aromatic rings. The van der Waals surface area contributed by atoms with Crippen LogP contribution in [0.5, 0.6) is 11.5 Å². The highest BCUT2D eigenvalue weighted by Crippen LogP contribution is 2.48. The molecule has 0 fully saturated rings. The smallest absolute Gasteiger partial charge is 0.508 e. The molecule has 5 heteroatoms. The number of hydrogen-bond acceptors (Lipinski definition) is 5. The zero-order chi connectivity index (χ0) is 29.8. The fourth-order valence-electron chi connectivity index (χ4n) is 5.79. The SMILES string of the molecule is CCC(C)(CC(C)(CC(C)(C)c1ccc(O)cc1)c1ccc(OC(=O)OC(C)(C)C)cc1)c1ccc(C#N)cc1. The van der Waals surface area contributed by atoms with E-state index in [0.717, 1.165) is 30.4 Å². The van der Waals surface area contributed by atoms with E-state index in [1.807, 2.05) is 48.5 Å². The molecule has 0 spiro atoms. The summed E-state index contributed by atoms with van der Waals surface area (Å²) < 4.78 is 10.8. The van der Waals surface area contributed by atoms with Crippen molar-refractivity contribution in [1.82, 2.24) is 0 Å². The Morgan fingerprint density at radius 2 is 1.25 bits per heavy atom. The molecular weight excluding hydrogens is 498 g/mol. The van der Waals surface area contributed by atoms with Gasteiger partial charge in [0.25, 0.3) is 0 Å². The molecule has 0 radical (unpaired) electrons. The molecule has 2 unspecified atom stereocenters. The van der Waals surface area contributed by atoms with Crippen molar-refractivity contribution < 1.29 is 19.4 Å². The van der Waals surface area contributed by atoms with Crippen molar-refractivity contribution in [3.8, 4) is 17.6 Å². The van der Waals surface area contributed by atoms with Gasteiger partial charge >= 0.3 is 6.16 Å². The van der Waals surface area contributed by atoms with Crippen molar-refractivity contribution in [2.45, 2.75) is 96.5 Å². The van der Waals surface area contributed by atoms with Crippen LogP contribution in [0, 0.1) is 11.3 Å². The Balaban J connectivity index is 2.01. The summed E-state index contributed by atoms with van der Waals surface area (Å²) in [7, 11) is 0. The van der Waals surface area contributed by atoms with Crippen LogP contribution in [0.1, 0.15) is 96.9 Å². The van der Waals surface area contributed by atoms with Crippen LogP contribution < -0.4 is 4.74 Å². The second kappa shape index (κ2) is 11.8. The third-order valence-corrected chi connectivity index (χ3v) is 7.89. The van der Waals surface area contributed by atoms with E-state index in [0.29, 0.717) is 11.3 Å². The van der Waals surface area contributed by atoms with E-state index >= 15 is 0 Å². The summed E-state index contributed by atoms with van der Waals surface area (Å²) in [4.78, 5) is 12.2. The van der Waals surface area contributed by atoms with Crippen molar-refractivity contribution in [3.05, 3.63) is 95.1 Å². The second-order valence-electron chi connectivity index (χ2n) is 13.0. The van der Waals surface area contributed by atoms with Crippen LogP contribution in [0.15, 0.2) is 72.8 Å². The first-order chi connectivity index (χ1) is 18.6. The molecule has 0 amide bonds. The Bertz CT molecular complexity index is 1330. The highest BCUT2D eigenvalue weighted by atomic mass is 16.7. The number of carbonyl (C=O) groups excluding carboxylic acids is 1. The molecule has 0 heterocycles. The number of ether oxygens (including phenoxy) is 2. The van der Waals surface area contributed by atoms with E-state index in [9.17, 15) is 15.2 Å². The molecule has 40 heavy (non-hydrogen) atoms. The number of benzene rings is 3. The first-order valence-electron chi connectivity index (χ1n) is 13.9. The Labute approximate surface area is 239 Å². The molecule has 0 aromatic heterocycles. The van der Waals surface area contributed by atoms with Crippen LogP contribution in [0.2, 0.25) is 0 Å². The maximum Gasteiger partial charge on any atom is 0.514 e. The van der Waals surface area contributed by atoms with Gasteiger partial charge in [0.1, 0.15) is 17.1 Å². The molecule has 3 rings (SSSR count). The Hall–Kier alpha value is -3.78. The number of phenolic OH excluding ortho intramolecular Hbond substituents is 1. The fourth-order valence-corrected chi connectivity index (χ4v) is 5.79. The highest BCUT2D eigenvalue weighted by molar-refractivity contribution is 5.64. The highest BCUT2D eigenvalue weighted by Gasteiger charge is 2.41. The Morgan fingerprint density at radius 3 is 1.75 bits per heavy atom. The van der Waals surface area contributed by atoms with E-state index < -0.39 is 11.8 Å². The summed E-state index contributed by atoms with van der Waals surface area (Å²) in [5, 5.41) is 19.2. The molecule has 0 bridgehead atoms. The van der Waals surface area contributed by atoms with Crippen LogP contribution in [0.25, 0.3) is 0 Å². The van der Waals surface area contributed by atoms with E-state index in [-0.39, 0.29) is 22.0 Å². The average Bonchev–Trinajstić information content (AvgIpc) is 2.87. The monoisotopic (exact) mass is 541 g/mol. The quantitative estimate of drug-likeness (QED) is 0.216. The van der Waals surface area contributed by atoms with Gasteiger partial charge < -0.3 is 14.6 Å². The maximum atomic E-state index is 12.2. The molecular formula is C35H43NO4. The third-order valence-electron chi connectivity index (χ3n) is 7.89. The van der Waals surface area contributed by atoms with Gasteiger partial charge in [-0.2, -0.15) is 5.26 Å². The number of nitrogens with zero attached hydrogens (tertiary/aromatic N) is 1. The number of rotatable bonds is 9. The summed E-state index contributed by atoms with van der Waals surface area (Å²) in [6.45, 7) is 16.7. The summed E-state index contributed by atoms with van der Waals surface area (Å²) in [5.74, 6) is 0.686. The molecule has 1 N–H and O–H groups in total. The second-order valence-corrected chi connectivity index (χ2v) is 13.0. The lowest BCUT2D eigenvalue weighted by molar-refractivity contribution is 0.0206. The molecule has 0 aliphatic heterocycles. The first-order valence-corrected chi connectivity index (χ1v) is 13.9. The minimum atomic E-state index is -0.726. The average molecular weight is 542 g/mol. The van der Waals surface area contributed by atoms with Crippen molar-refractivity contribution in [2.24, 2.45) is 0 Å². The van der Waals surface area contributed by atoms with Gasteiger partial charge in [-0.15, -0.1) is 0 Å². The normalized spacial score (nSPS) is 14.9. The van der Waals surface area contributed by atoms with Gasteiger partial charge in [0, 0.05) is 0 Å². The van der Waals surface area contributed by atoms with E-state index in [1.54, 1.807) is 32.9 Å². The maximum absolute atomic E-state index is 12.2. The lowest BCUT2D eigenvalue weighted by atomic mass is 9.60. The summed E-state index contributed by atoms with van der Waals surface area (Å²) in [6, 6.07) is 25.4. The lowest BCUT2D eigenvalue weighted by Crippen LogP contribution is -2.38. The minimum absolute atomic E-state index is 0.153. The summed E-state index contributed by atoms with van der Waals surface area (Å²) in [6.07, 6.45) is 1.89. The van der Waals surface area contributed by atoms with Crippen LogP contribution in [-0.4, -0.2) is 16.9 Å². The van der Waals surface area contributed by atoms with Crippen LogP contribution in [0.3, 0.4) is 0 Å². The van der Waals surface area contributed by atoms with Crippen molar-refractivity contribution in [1.29, 1.82) is 5.26 Å². The van der Waals surface area contributed by atoms with Crippen molar-refractivity contribution >= 4 is 6.16 Å². The Morgan fingerprint density at radius 1 is 0.750 bits per heavy atom. The van der Waals surface area contributed by atoms with Gasteiger partial charge in [0.2, 0.25) is 0 Å². The standard InChI is InChI=1S/C35H43NO4/c1-9-34(7,27-12-10-25(22-36)11-13-27)24-35(8,23-33(5,6)26-14-18-29(37)19-15-26)28-16-20-30(21-17-28)39-31(38)40-32(2,3)4/h10-21,37H,9,23-24H2,1-8H3. The predicted molar refractivity (Wildman–Crippen MR) is 160 cm³/mol. The van der Waals surface area contributed by atoms with E-state index in [4.69, 9.17) is 9.47 Å². The molecule has 212 valence electrons. The van der Waals surface area contributed by atoms with Crippen molar-refractivity contribution in [3.63, 3.8) is 0 Å². The number of hydrogen-bond donors (Lipinski definition) is 1. The third kappa shape index (κ3) is 7.66. The minimum Gasteiger partial charge on any atom is -0.508 e. The molecule has 0 saturated heterocycles. The number of nitriles is 1. The topological polar surface area (TPSA) is 79.6 Å². The molecule has 3 aromatic carbocycles. The zero-order valence-corrected chi connectivity index (χ0v) is 25.2. The zero-order valence-electron chi connectivity index (χ0n) is 25.2. The molecule has 0 aliphatic rings. The van der Waals surface area contributed by atoms with E-state index in [1.165, 1.54) is 5.56 Å². The predicted octanol–water partition coefficient (Wildman–Crippen LogP) is 8.96. The largest absolute Gasteiger partial charge is 0.514 e. The van der Waals surface area contributed by atoms with Gasteiger partial charge in [0.05, 0.1) is 11.6 Å². The van der Waals surface area contributed by atoms with Gasteiger partial charge in [0.15, 0.2) is 0 Å². The molecule has 2 atom stereocenters. The fraction of sp³-hybridized carbons (Fsp3) is 0.429. The lowest BCUT2D eigenvalue weighted by Gasteiger charge is -2.44. The number of aromatic hydroxyl groups is 1. The van der Waals surface area contributed by atoms with Gasteiger partial charge in [-0.25, -0.2) is 4.79 Å². The molecule has 5 nitrogen and oxygen atoms in total. The summed E-state index contributed by atoms with van der Waals surface area (Å²) in [5.41, 5.74) is 2.89. The van der Waals surface area contributed by atoms with Gasteiger partial charge in [-0.3, -0.25) is 0 Å². The first kappa shape index (κ1) is 30.8. The number of carbonyl (C=O) groups is 1. The van der Waals surface area contributed by atoms with E-state index in [2.05, 4.69) is 52.8 Å². The van der Waals surface area contributed by atoms with Crippen LogP contribution in [0.4, 0.5) is 4.79 Å². The van der Waals surface area contributed by atoms with Crippen molar-refractivity contribution in [2.75, 3.05) is 0 Å². The molecule has 0 aliphatic carbocycles. The van der Waals surface area contributed by atoms with Gasteiger partial charge in [-0.05, 0) is 109 Å². The Kier molecular flexibility index (Phi) is 9.04. The van der Waals surface area contributed by atoms with Crippen LogP contribution in [-0.2, 0) is 21.0 Å². The van der Waals surface area contributed by atoms with Gasteiger partial charge in [-0.1, -0.05) is 71.0 Å². The molecule has 0 saturated carbocycles. The van der Waals surface area contributed by atoms with Crippen LogP contribution >= 0.6 is 0 Å².